The number of esters is 1. The van der Waals surface area contributed by atoms with E-state index in [2.05, 4.69) is 15.5 Å². The van der Waals surface area contributed by atoms with Gasteiger partial charge in [0, 0.05) is 4.88 Å². The Bertz CT molecular complexity index is 1260. The number of thiophene rings is 1. The zero-order valence-corrected chi connectivity index (χ0v) is 18.4. The summed E-state index contributed by atoms with van der Waals surface area (Å²) < 4.78 is 7.08. The van der Waals surface area contributed by atoms with E-state index in [4.69, 9.17) is 4.74 Å². The number of fused-ring (bicyclic) bond motifs is 3. The molecule has 3 aromatic heterocycles. The van der Waals surface area contributed by atoms with Gasteiger partial charge in [0.05, 0.1) is 23.4 Å². The van der Waals surface area contributed by atoms with Crippen LogP contribution in [0.1, 0.15) is 27.7 Å². The van der Waals surface area contributed by atoms with Crippen molar-refractivity contribution in [3.05, 3.63) is 52.4 Å². The summed E-state index contributed by atoms with van der Waals surface area (Å²) in [6.07, 6.45) is 0. The number of nitrogens with one attached hydrogen (secondary N) is 1. The van der Waals surface area contributed by atoms with Crippen molar-refractivity contribution in [2.45, 2.75) is 25.9 Å². The Kier molecular flexibility index (Phi) is 5.74. The summed E-state index contributed by atoms with van der Waals surface area (Å²) in [5.74, 6) is -0.497. The van der Waals surface area contributed by atoms with Gasteiger partial charge in [0.1, 0.15) is 5.00 Å². The third-order valence-corrected chi connectivity index (χ3v) is 6.75. The SMILES string of the molecule is CCOC(=O)c1c(NC(=O)CSc2nnc3ccc4ccccc4n23)sc(C)c1C. The summed E-state index contributed by atoms with van der Waals surface area (Å²) in [7, 11) is 0. The molecule has 0 unspecified atom stereocenters. The predicted octanol–water partition coefficient (Wildman–Crippen LogP) is 4.47. The Balaban J connectivity index is 1.54. The summed E-state index contributed by atoms with van der Waals surface area (Å²) in [5, 5.41) is 13.5. The number of hydrogen-bond acceptors (Lipinski definition) is 7. The Morgan fingerprint density at radius 2 is 1.97 bits per heavy atom. The second-order valence-electron chi connectivity index (χ2n) is 6.61. The van der Waals surface area contributed by atoms with Crippen LogP contribution in [0.15, 0.2) is 41.6 Å². The molecule has 0 spiro atoms. The van der Waals surface area contributed by atoms with Gasteiger partial charge in [-0.15, -0.1) is 21.5 Å². The molecule has 154 valence electrons. The highest BCUT2D eigenvalue weighted by Crippen LogP contribution is 2.33. The van der Waals surface area contributed by atoms with Crippen LogP contribution in [0.4, 0.5) is 5.00 Å². The van der Waals surface area contributed by atoms with Crippen LogP contribution in [0.5, 0.6) is 0 Å². The minimum atomic E-state index is -0.419. The maximum absolute atomic E-state index is 12.6. The molecule has 1 amide bonds. The molecule has 3 heterocycles. The fraction of sp³-hybridized carbons (Fsp3) is 0.238. The van der Waals surface area contributed by atoms with Crippen LogP contribution in [0.3, 0.4) is 0 Å². The van der Waals surface area contributed by atoms with Crippen LogP contribution in [-0.2, 0) is 9.53 Å². The number of anilines is 1. The number of aromatic nitrogens is 3. The number of thioether (sulfide) groups is 1. The van der Waals surface area contributed by atoms with Gasteiger partial charge in [-0.05, 0) is 49.9 Å². The van der Waals surface area contributed by atoms with Gasteiger partial charge in [0.25, 0.3) is 0 Å². The van der Waals surface area contributed by atoms with Gasteiger partial charge < -0.3 is 10.1 Å². The second kappa shape index (κ2) is 8.45. The molecule has 0 radical (unpaired) electrons. The lowest BCUT2D eigenvalue weighted by Gasteiger charge is -2.07. The molecule has 7 nitrogen and oxygen atoms in total. The highest BCUT2D eigenvalue weighted by molar-refractivity contribution is 7.99. The monoisotopic (exact) mass is 440 g/mol. The van der Waals surface area contributed by atoms with Crippen molar-refractivity contribution in [3.63, 3.8) is 0 Å². The average Bonchev–Trinajstić information content (AvgIpc) is 3.27. The van der Waals surface area contributed by atoms with Crippen LogP contribution in [-0.4, -0.2) is 38.8 Å². The molecule has 0 bridgehead atoms. The molecular formula is C21H20N4O3S2. The summed E-state index contributed by atoms with van der Waals surface area (Å²) >= 11 is 2.68. The van der Waals surface area contributed by atoms with Crippen molar-refractivity contribution in [1.82, 2.24) is 14.6 Å². The average molecular weight is 441 g/mol. The topological polar surface area (TPSA) is 85.6 Å². The van der Waals surface area contributed by atoms with Crippen LogP contribution >= 0.6 is 23.1 Å². The predicted molar refractivity (Wildman–Crippen MR) is 120 cm³/mol. The number of aryl methyl sites for hydroxylation is 1. The van der Waals surface area contributed by atoms with E-state index < -0.39 is 5.97 Å². The lowest BCUT2D eigenvalue weighted by atomic mass is 10.1. The van der Waals surface area contributed by atoms with Crippen LogP contribution in [0.2, 0.25) is 0 Å². The van der Waals surface area contributed by atoms with Crippen molar-refractivity contribution in [1.29, 1.82) is 0 Å². The van der Waals surface area contributed by atoms with Crippen LogP contribution in [0.25, 0.3) is 16.6 Å². The van der Waals surface area contributed by atoms with Gasteiger partial charge in [-0.25, -0.2) is 4.79 Å². The number of benzene rings is 1. The van der Waals surface area contributed by atoms with Crippen molar-refractivity contribution in [2.75, 3.05) is 17.7 Å². The molecule has 4 rings (SSSR count). The highest BCUT2D eigenvalue weighted by Gasteiger charge is 2.22. The number of hydrogen-bond donors (Lipinski definition) is 1. The minimum Gasteiger partial charge on any atom is -0.462 e. The molecule has 0 saturated heterocycles. The first kappa shape index (κ1) is 20.4. The van der Waals surface area contributed by atoms with E-state index in [1.807, 2.05) is 54.6 Å². The quantitative estimate of drug-likeness (QED) is 0.352. The molecule has 0 fully saturated rings. The van der Waals surface area contributed by atoms with E-state index in [1.165, 1.54) is 23.1 Å². The Labute approximate surface area is 181 Å². The number of ether oxygens (including phenoxy) is 1. The molecule has 0 atom stereocenters. The van der Waals surface area contributed by atoms with Gasteiger partial charge in [-0.2, -0.15) is 0 Å². The van der Waals surface area contributed by atoms with Gasteiger partial charge in [0.15, 0.2) is 10.8 Å². The zero-order valence-electron chi connectivity index (χ0n) is 16.8. The van der Waals surface area contributed by atoms with E-state index >= 15 is 0 Å². The maximum Gasteiger partial charge on any atom is 0.341 e. The summed E-state index contributed by atoms with van der Waals surface area (Å²) in [6.45, 7) is 5.81. The summed E-state index contributed by atoms with van der Waals surface area (Å²) in [6, 6.07) is 11.9. The molecule has 0 aliphatic heterocycles. The van der Waals surface area contributed by atoms with Crippen LogP contribution in [0, 0.1) is 13.8 Å². The molecule has 4 aromatic rings. The number of amides is 1. The Morgan fingerprint density at radius 3 is 2.77 bits per heavy atom. The summed E-state index contributed by atoms with van der Waals surface area (Å²) in [5.41, 5.74) is 2.97. The first-order valence-electron chi connectivity index (χ1n) is 9.42. The number of carbonyl (C=O) groups is 2. The summed E-state index contributed by atoms with van der Waals surface area (Å²) in [4.78, 5) is 25.9. The number of pyridine rings is 1. The largest absolute Gasteiger partial charge is 0.462 e. The molecule has 0 aliphatic rings. The van der Waals surface area contributed by atoms with Crippen molar-refractivity contribution >= 4 is 56.5 Å². The fourth-order valence-electron chi connectivity index (χ4n) is 3.16. The number of para-hydroxylation sites is 1. The first-order valence-corrected chi connectivity index (χ1v) is 11.2. The van der Waals surface area contributed by atoms with Gasteiger partial charge in [-0.1, -0.05) is 30.0 Å². The normalized spacial score (nSPS) is 11.2. The van der Waals surface area contributed by atoms with Crippen LogP contribution < -0.4 is 5.32 Å². The standard InChI is InChI=1S/C21H20N4O3S2/c1-4-28-20(27)18-12(2)13(3)30-19(18)22-17(26)11-29-21-24-23-16-10-9-14-7-5-6-8-15(14)25(16)21/h5-10H,4,11H2,1-3H3,(H,22,26). The molecule has 1 aromatic carbocycles. The van der Waals surface area contributed by atoms with Crippen molar-refractivity contribution in [3.8, 4) is 0 Å². The third kappa shape index (κ3) is 3.78. The molecule has 1 N–H and O–H groups in total. The number of rotatable bonds is 6. The second-order valence-corrected chi connectivity index (χ2v) is 8.78. The van der Waals surface area contributed by atoms with E-state index in [0.29, 0.717) is 15.7 Å². The fourth-order valence-corrected chi connectivity index (χ4v) is 4.98. The number of nitrogens with zero attached hydrogens (tertiary/aromatic N) is 3. The molecular weight excluding hydrogens is 420 g/mol. The molecule has 0 aliphatic carbocycles. The van der Waals surface area contributed by atoms with E-state index in [0.717, 1.165) is 27.0 Å². The lowest BCUT2D eigenvalue weighted by Crippen LogP contribution is -2.16. The van der Waals surface area contributed by atoms with Gasteiger partial charge >= 0.3 is 5.97 Å². The smallest absolute Gasteiger partial charge is 0.341 e. The Morgan fingerprint density at radius 1 is 1.17 bits per heavy atom. The zero-order chi connectivity index (χ0) is 21.3. The first-order chi connectivity index (χ1) is 14.5. The minimum absolute atomic E-state index is 0.141. The van der Waals surface area contributed by atoms with Crippen molar-refractivity contribution in [2.24, 2.45) is 0 Å². The highest BCUT2D eigenvalue weighted by atomic mass is 32.2. The van der Waals surface area contributed by atoms with Gasteiger partial charge in [-0.3, -0.25) is 9.20 Å². The molecule has 9 heteroatoms. The lowest BCUT2D eigenvalue weighted by molar-refractivity contribution is -0.113. The van der Waals surface area contributed by atoms with Crippen molar-refractivity contribution < 1.29 is 14.3 Å². The molecule has 0 saturated carbocycles. The number of carbonyl (C=O) groups excluding carboxylic acids is 2. The van der Waals surface area contributed by atoms with E-state index in [9.17, 15) is 9.59 Å². The van der Waals surface area contributed by atoms with E-state index in [1.54, 1.807) is 6.92 Å². The van der Waals surface area contributed by atoms with E-state index in [-0.39, 0.29) is 18.3 Å². The maximum atomic E-state index is 12.6. The molecule has 30 heavy (non-hydrogen) atoms. The van der Waals surface area contributed by atoms with Gasteiger partial charge in [0.2, 0.25) is 5.91 Å². The Hall–Kier alpha value is -2.91. The third-order valence-electron chi connectivity index (χ3n) is 4.70.